The Morgan fingerprint density at radius 1 is 1.09 bits per heavy atom. The third-order valence-corrected chi connectivity index (χ3v) is 2.81. The van der Waals surface area contributed by atoms with Crippen LogP contribution in [0.25, 0.3) is 0 Å². The summed E-state index contributed by atoms with van der Waals surface area (Å²) in [5.74, 6) is 0.139. The van der Waals surface area contributed by atoms with Crippen molar-refractivity contribution < 1.29 is 14.3 Å². The van der Waals surface area contributed by atoms with Crippen LogP contribution >= 0.6 is 0 Å². The molecule has 0 radical (unpaired) electrons. The van der Waals surface area contributed by atoms with E-state index in [2.05, 4.69) is 20.9 Å². The summed E-state index contributed by atoms with van der Waals surface area (Å²) in [6.07, 6.45) is 1.43. The van der Waals surface area contributed by atoms with E-state index in [9.17, 15) is 9.59 Å². The van der Waals surface area contributed by atoms with Crippen LogP contribution in [-0.2, 0) is 0 Å². The molecule has 0 bridgehead atoms. The van der Waals surface area contributed by atoms with Gasteiger partial charge in [-0.25, -0.2) is 9.78 Å². The smallest absolute Gasteiger partial charge is 0.318 e. The molecule has 2 rings (SSSR count). The van der Waals surface area contributed by atoms with Gasteiger partial charge in [0.2, 0.25) is 5.88 Å². The van der Waals surface area contributed by atoms with E-state index in [4.69, 9.17) is 4.74 Å². The van der Waals surface area contributed by atoms with Gasteiger partial charge in [-0.1, -0.05) is 6.07 Å². The minimum Gasteiger partial charge on any atom is -0.481 e. The van der Waals surface area contributed by atoms with Crippen molar-refractivity contribution in [2.75, 3.05) is 24.8 Å². The van der Waals surface area contributed by atoms with Crippen LogP contribution in [-0.4, -0.2) is 31.1 Å². The highest BCUT2D eigenvalue weighted by Crippen LogP contribution is 2.16. The zero-order valence-corrected chi connectivity index (χ0v) is 12.2. The summed E-state index contributed by atoms with van der Waals surface area (Å²) in [6.45, 7) is 0. The fourth-order valence-electron chi connectivity index (χ4n) is 1.71. The molecule has 0 aliphatic rings. The van der Waals surface area contributed by atoms with Crippen LogP contribution in [0.4, 0.5) is 16.2 Å². The molecule has 0 saturated heterocycles. The first kappa shape index (κ1) is 15.3. The third-order valence-electron chi connectivity index (χ3n) is 2.81. The molecule has 7 nitrogen and oxygen atoms in total. The van der Waals surface area contributed by atoms with Crippen molar-refractivity contribution in [1.82, 2.24) is 10.3 Å². The van der Waals surface area contributed by atoms with Gasteiger partial charge in [0.1, 0.15) is 0 Å². The summed E-state index contributed by atoms with van der Waals surface area (Å²) >= 11 is 0. The van der Waals surface area contributed by atoms with Crippen molar-refractivity contribution in [3.05, 3.63) is 48.2 Å². The molecule has 2 aromatic rings. The van der Waals surface area contributed by atoms with Gasteiger partial charge in [0.05, 0.1) is 12.7 Å². The van der Waals surface area contributed by atoms with E-state index in [0.717, 1.165) is 0 Å². The number of nitrogens with zero attached hydrogens (tertiary/aromatic N) is 1. The second kappa shape index (κ2) is 7.07. The number of ether oxygens (including phenoxy) is 1. The number of aromatic nitrogens is 1. The molecule has 0 aliphatic carbocycles. The number of anilines is 2. The number of nitrogens with one attached hydrogen (secondary N) is 3. The quantitative estimate of drug-likeness (QED) is 0.806. The Morgan fingerprint density at radius 2 is 1.82 bits per heavy atom. The zero-order valence-electron chi connectivity index (χ0n) is 12.2. The monoisotopic (exact) mass is 300 g/mol. The minimum absolute atomic E-state index is 0.299. The molecule has 1 aromatic heterocycles. The molecule has 0 saturated carbocycles. The van der Waals surface area contributed by atoms with Crippen molar-refractivity contribution in [3.8, 4) is 5.88 Å². The first-order valence-electron chi connectivity index (χ1n) is 6.52. The Hall–Kier alpha value is -3.09. The third kappa shape index (κ3) is 3.95. The minimum atomic E-state index is -0.331. The lowest BCUT2D eigenvalue weighted by Gasteiger charge is -2.08. The highest BCUT2D eigenvalue weighted by Gasteiger charge is 2.08. The van der Waals surface area contributed by atoms with Crippen LogP contribution in [0.2, 0.25) is 0 Å². The predicted molar refractivity (Wildman–Crippen MR) is 83.3 cm³/mol. The van der Waals surface area contributed by atoms with E-state index < -0.39 is 0 Å². The first-order chi connectivity index (χ1) is 10.6. The number of urea groups is 1. The summed E-state index contributed by atoms with van der Waals surface area (Å²) in [6, 6.07) is 9.73. The van der Waals surface area contributed by atoms with Gasteiger partial charge in [-0.05, 0) is 24.3 Å². The molecule has 0 fully saturated rings. The van der Waals surface area contributed by atoms with E-state index >= 15 is 0 Å². The van der Waals surface area contributed by atoms with Crippen molar-refractivity contribution in [3.63, 3.8) is 0 Å². The van der Waals surface area contributed by atoms with E-state index in [1.165, 1.54) is 20.4 Å². The highest BCUT2D eigenvalue weighted by atomic mass is 16.5. The number of pyridine rings is 1. The maximum atomic E-state index is 12.1. The van der Waals surface area contributed by atoms with Crippen LogP contribution < -0.4 is 20.7 Å². The molecular formula is C15H16N4O3. The molecule has 0 spiro atoms. The van der Waals surface area contributed by atoms with Crippen LogP contribution in [0.5, 0.6) is 5.88 Å². The molecule has 7 heteroatoms. The standard InChI is InChI=1S/C15H16N4O3/c1-16-15(21)19-12-5-3-4-11(8-12)18-14(20)10-6-7-13(22-2)17-9-10/h3-9H,1-2H3,(H,18,20)(H2,16,19,21). The summed E-state index contributed by atoms with van der Waals surface area (Å²) in [7, 11) is 3.03. The lowest BCUT2D eigenvalue weighted by atomic mass is 10.2. The lowest BCUT2D eigenvalue weighted by Crippen LogP contribution is -2.24. The molecule has 0 unspecified atom stereocenters. The highest BCUT2D eigenvalue weighted by molar-refractivity contribution is 6.04. The van der Waals surface area contributed by atoms with E-state index in [1.54, 1.807) is 36.4 Å². The topological polar surface area (TPSA) is 92.4 Å². The van der Waals surface area contributed by atoms with Crippen molar-refractivity contribution in [2.24, 2.45) is 0 Å². The van der Waals surface area contributed by atoms with Crippen LogP contribution in [0, 0.1) is 0 Å². The Morgan fingerprint density at radius 3 is 2.41 bits per heavy atom. The molecule has 0 atom stereocenters. The largest absolute Gasteiger partial charge is 0.481 e. The maximum Gasteiger partial charge on any atom is 0.318 e. The van der Waals surface area contributed by atoms with Crippen LogP contribution in [0.15, 0.2) is 42.6 Å². The summed E-state index contributed by atoms with van der Waals surface area (Å²) < 4.78 is 4.94. The molecule has 1 heterocycles. The number of carbonyl (C=O) groups is 2. The molecular weight excluding hydrogens is 284 g/mol. The van der Waals surface area contributed by atoms with Gasteiger partial charge in [-0.3, -0.25) is 4.79 Å². The van der Waals surface area contributed by atoms with Crippen LogP contribution in [0.1, 0.15) is 10.4 Å². The Kier molecular flexibility index (Phi) is 4.92. The molecule has 1 aromatic carbocycles. The van der Waals surface area contributed by atoms with E-state index in [0.29, 0.717) is 22.8 Å². The number of hydrogen-bond donors (Lipinski definition) is 3. The average Bonchev–Trinajstić information content (AvgIpc) is 2.55. The van der Waals surface area contributed by atoms with E-state index in [-0.39, 0.29) is 11.9 Å². The summed E-state index contributed by atoms with van der Waals surface area (Å²) in [4.78, 5) is 27.4. The van der Waals surface area contributed by atoms with Gasteiger partial charge < -0.3 is 20.7 Å². The number of hydrogen-bond acceptors (Lipinski definition) is 4. The Bertz CT molecular complexity index is 671. The molecule has 0 aliphatic heterocycles. The second-order valence-corrected chi connectivity index (χ2v) is 4.33. The predicted octanol–water partition coefficient (Wildman–Crippen LogP) is 2.09. The second-order valence-electron chi connectivity index (χ2n) is 4.33. The number of rotatable bonds is 4. The molecule has 114 valence electrons. The van der Waals surface area contributed by atoms with Crippen molar-refractivity contribution in [2.45, 2.75) is 0 Å². The van der Waals surface area contributed by atoms with Gasteiger partial charge >= 0.3 is 6.03 Å². The number of amides is 3. The van der Waals surface area contributed by atoms with Crippen molar-refractivity contribution in [1.29, 1.82) is 0 Å². The van der Waals surface area contributed by atoms with Crippen molar-refractivity contribution >= 4 is 23.3 Å². The number of methoxy groups -OCH3 is 1. The van der Waals surface area contributed by atoms with Gasteiger partial charge in [-0.15, -0.1) is 0 Å². The lowest BCUT2D eigenvalue weighted by molar-refractivity contribution is 0.102. The molecule has 22 heavy (non-hydrogen) atoms. The fourth-order valence-corrected chi connectivity index (χ4v) is 1.71. The Labute approximate surface area is 127 Å². The fraction of sp³-hybridized carbons (Fsp3) is 0.133. The zero-order chi connectivity index (χ0) is 15.9. The maximum absolute atomic E-state index is 12.1. The van der Waals surface area contributed by atoms with Crippen LogP contribution in [0.3, 0.4) is 0 Å². The van der Waals surface area contributed by atoms with Gasteiger partial charge in [0.25, 0.3) is 5.91 Å². The normalized spacial score (nSPS) is 9.73. The van der Waals surface area contributed by atoms with Gasteiger partial charge in [0, 0.05) is 30.7 Å². The molecule has 3 amide bonds. The van der Waals surface area contributed by atoms with E-state index in [1.807, 2.05) is 0 Å². The van der Waals surface area contributed by atoms with Gasteiger partial charge in [-0.2, -0.15) is 0 Å². The summed E-state index contributed by atoms with van der Waals surface area (Å²) in [5.41, 5.74) is 1.55. The molecule has 3 N–H and O–H groups in total. The number of carbonyl (C=O) groups excluding carboxylic acids is 2. The summed E-state index contributed by atoms with van der Waals surface area (Å²) in [5, 5.41) is 7.82. The first-order valence-corrected chi connectivity index (χ1v) is 6.52. The SMILES string of the molecule is CNC(=O)Nc1cccc(NC(=O)c2ccc(OC)nc2)c1. The van der Waals surface area contributed by atoms with Gasteiger partial charge in [0.15, 0.2) is 0 Å². The number of benzene rings is 1. The Balaban J connectivity index is 2.07. The average molecular weight is 300 g/mol.